The molecule has 2 aromatic carbocycles. The second-order valence-corrected chi connectivity index (χ2v) is 7.57. The molecule has 2 aromatic rings. The molecule has 0 radical (unpaired) electrons. The van der Waals surface area contributed by atoms with E-state index in [0.29, 0.717) is 18.0 Å². The minimum absolute atomic E-state index is 0.141. The minimum atomic E-state index is -3.68. The zero-order chi connectivity index (χ0) is 17.6. The van der Waals surface area contributed by atoms with Crippen molar-refractivity contribution in [2.75, 3.05) is 13.1 Å². The highest BCUT2D eigenvalue weighted by Crippen LogP contribution is 2.10. The Balaban J connectivity index is 1.78. The minimum Gasteiger partial charge on any atom is -0.355 e. The molecule has 0 fully saturated rings. The van der Waals surface area contributed by atoms with Gasteiger partial charge in [-0.05, 0) is 43.2 Å². The van der Waals surface area contributed by atoms with E-state index in [-0.39, 0.29) is 17.3 Å². The van der Waals surface area contributed by atoms with E-state index in [9.17, 15) is 13.2 Å². The van der Waals surface area contributed by atoms with Crippen LogP contribution in [0.25, 0.3) is 0 Å². The number of benzene rings is 2. The van der Waals surface area contributed by atoms with Crippen molar-refractivity contribution >= 4 is 27.5 Å². The molecule has 0 unspecified atom stereocenters. The van der Waals surface area contributed by atoms with Crippen molar-refractivity contribution in [3.8, 4) is 0 Å². The molecule has 5 nitrogen and oxygen atoms in total. The topological polar surface area (TPSA) is 75.3 Å². The van der Waals surface area contributed by atoms with Crippen LogP contribution >= 0.6 is 11.6 Å². The Morgan fingerprint density at radius 3 is 2.29 bits per heavy atom. The van der Waals surface area contributed by atoms with Crippen LogP contribution in [0.2, 0.25) is 5.02 Å². The van der Waals surface area contributed by atoms with E-state index >= 15 is 0 Å². The van der Waals surface area contributed by atoms with Crippen LogP contribution in [-0.4, -0.2) is 27.4 Å². The van der Waals surface area contributed by atoms with Crippen LogP contribution in [0.15, 0.2) is 53.4 Å². The number of carbonyl (C=O) groups excluding carboxylic acids is 1. The third-order valence-corrected chi connectivity index (χ3v) is 5.07. The van der Waals surface area contributed by atoms with Crippen LogP contribution in [0, 0.1) is 6.92 Å². The highest BCUT2D eigenvalue weighted by atomic mass is 35.5. The van der Waals surface area contributed by atoms with Gasteiger partial charge in [0.1, 0.15) is 0 Å². The van der Waals surface area contributed by atoms with Crippen molar-refractivity contribution < 1.29 is 13.2 Å². The van der Waals surface area contributed by atoms with Gasteiger partial charge in [-0.15, -0.1) is 0 Å². The summed E-state index contributed by atoms with van der Waals surface area (Å²) in [5.41, 5.74) is 2.01. The summed E-state index contributed by atoms with van der Waals surface area (Å²) >= 11 is 5.80. The van der Waals surface area contributed by atoms with Gasteiger partial charge in [0.05, 0.1) is 11.4 Å². The van der Waals surface area contributed by atoms with Gasteiger partial charge < -0.3 is 5.32 Å². The predicted octanol–water partition coefficient (Wildman–Crippen LogP) is 2.29. The molecule has 0 saturated heterocycles. The maximum atomic E-state index is 12.1. The average Bonchev–Trinajstić information content (AvgIpc) is 2.55. The van der Waals surface area contributed by atoms with Crippen molar-refractivity contribution in [3.63, 3.8) is 0 Å². The van der Waals surface area contributed by atoms with Gasteiger partial charge in [0.15, 0.2) is 0 Å². The zero-order valence-corrected chi connectivity index (χ0v) is 14.8. The Labute approximate surface area is 147 Å². The Bertz CT molecular complexity index is 788. The van der Waals surface area contributed by atoms with E-state index in [1.54, 1.807) is 24.3 Å². The van der Waals surface area contributed by atoms with Crippen molar-refractivity contribution in [2.45, 2.75) is 18.2 Å². The van der Waals surface area contributed by atoms with Gasteiger partial charge >= 0.3 is 0 Å². The highest BCUT2D eigenvalue weighted by molar-refractivity contribution is 7.89. The molecule has 2 rings (SSSR count). The normalized spacial score (nSPS) is 11.2. The smallest absolute Gasteiger partial charge is 0.241 e. The number of sulfonamides is 1. The van der Waals surface area contributed by atoms with Crippen molar-refractivity contribution in [1.82, 2.24) is 10.0 Å². The summed E-state index contributed by atoms with van der Waals surface area (Å²) in [7, 11) is -3.68. The molecule has 0 saturated carbocycles. The Morgan fingerprint density at radius 1 is 1.04 bits per heavy atom. The summed E-state index contributed by atoms with van der Waals surface area (Å²) in [5.74, 6) is -0.375. The summed E-state index contributed by atoms with van der Waals surface area (Å²) in [6.45, 7) is 2.00. The monoisotopic (exact) mass is 366 g/mol. The number of hydrogen-bond donors (Lipinski definition) is 2. The molecule has 0 aliphatic rings. The number of rotatable bonds is 7. The predicted molar refractivity (Wildman–Crippen MR) is 94.5 cm³/mol. The van der Waals surface area contributed by atoms with E-state index in [1.807, 2.05) is 19.1 Å². The first kappa shape index (κ1) is 18.4. The molecule has 24 heavy (non-hydrogen) atoms. The molecule has 0 aromatic heterocycles. The van der Waals surface area contributed by atoms with E-state index in [4.69, 9.17) is 11.6 Å². The lowest BCUT2D eigenvalue weighted by Crippen LogP contribution is -2.37. The lowest BCUT2D eigenvalue weighted by atomic mass is 10.1. The fourth-order valence-corrected chi connectivity index (χ4v) is 3.13. The molecule has 0 atom stereocenters. The van der Waals surface area contributed by atoms with Crippen LogP contribution in [0.3, 0.4) is 0 Å². The molecular formula is C17H19ClN2O3S. The standard InChI is InChI=1S/C17H19ClN2O3S/c1-13-2-8-16(9-3-13)24(22,23)20-12-17(21)19-11-10-14-4-6-15(18)7-5-14/h2-9,20H,10-12H2,1H3,(H,19,21). The van der Waals surface area contributed by atoms with E-state index in [0.717, 1.165) is 11.1 Å². The summed E-state index contributed by atoms with van der Waals surface area (Å²) in [6, 6.07) is 13.8. The van der Waals surface area contributed by atoms with Crippen LogP contribution < -0.4 is 10.0 Å². The molecule has 0 spiro atoms. The first-order valence-corrected chi connectivity index (χ1v) is 9.30. The maximum absolute atomic E-state index is 12.1. The second-order valence-electron chi connectivity index (χ2n) is 5.36. The van der Waals surface area contributed by atoms with Gasteiger partial charge in [-0.25, -0.2) is 13.1 Å². The van der Waals surface area contributed by atoms with Gasteiger partial charge in [0, 0.05) is 11.6 Å². The van der Waals surface area contributed by atoms with E-state index in [2.05, 4.69) is 10.0 Å². The molecule has 7 heteroatoms. The van der Waals surface area contributed by atoms with Crippen LogP contribution in [0.5, 0.6) is 0 Å². The molecule has 2 N–H and O–H groups in total. The fourth-order valence-electron chi connectivity index (χ4n) is 2.02. The quantitative estimate of drug-likeness (QED) is 0.789. The number of aryl methyl sites for hydroxylation is 1. The first-order chi connectivity index (χ1) is 11.4. The van der Waals surface area contributed by atoms with Crippen LogP contribution in [-0.2, 0) is 21.2 Å². The Kier molecular flexibility index (Phi) is 6.36. The zero-order valence-electron chi connectivity index (χ0n) is 13.3. The summed E-state index contributed by atoms with van der Waals surface area (Å²) in [5, 5.41) is 3.34. The number of nitrogens with one attached hydrogen (secondary N) is 2. The fraction of sp³-hybridized carbons (Fsp3) is 0.235. The van der Waals surface area contributed by atoms with Gasteiger partial charge in [-0.3, -0.25) is 4.79 Å². The van der Waals surface area contributed by atoms with E-state index < -0.39 is 10.0 Å². The molecule has 0 aliphatic heterocycles. The molecule has 0 aliphatic carbocycles. The number of hydrogen-bond acceptors (Lipinski definition) is 3. The molecule has 0 heterocycles. The van der Waals surface area contributed by atoms with Crippen molar-refractivity contribution in [1.29, 1.82) is 0 Å². The number of carbonyl (C=O) groups is 1. The SMILES string of the molecule is Cc1ccc(S(=O)(=O)NCC(=O)NCCc2ccc(Cl)cc2)cc1. The highest BCUT2D eigenvalue weighted by Gasteiger charge is 2.14. The molecule has 0 bridgehead atoms. The Hall–Kier alpha value is -1.89. The molecule has 128 valence electrons. The lowest BCUT2D eigenvalue weighted by Gasteiger charge is -2.08. The third kappa shape index (κ3) is 5.63. The van der Waals surface area contributed by atoms with Gasteiger partial charge in [-0.2, -0.15) is 0 Å². The van der Waals surface area contributed by atoms with Crippen molar-refractivity contribution in [3.05, 3.63) is 64.7 Å². The largest absolute Gasteiger partial charge is 0.355 e. The summed E-state index contributed by atoms with van der Waals surface area (Å²) in [4.78, 5) is 11.9. The summed E-state index contributed by atoms with van der Waals surface area (Å²) in [6.07, 6.45) is 0.646. The third-order valence-electron chi connectivity index (χ3n) is 3.40. The lowest BCUT2D eigenvalue weighted by molar-refractivity contribution is -0.119. The molecule has 1 amide bonds. The van der Waals surface area contributed by atoms with E-state index in [1.165, 1.54) is 12.1 Å². The first-order valence-electron chi connectivity index (χ1n) is 7.44. The molecular weight excluding hydrogens is 348 g/mol. The Morgan fingerprint density at radius 2 is 1.67 bits per heavy atom. The maximum Gasteiger partial charge on any atom is 0.241 e. The van der Waals surface area contributed by atoms with Gasteiger partial charge in [-0.1, -0.05) is 41.4 Å². The average molecular weight is 367 g/mol. The van der Waals surface area contributed by atoms with Gasteiger partial charge in [0.25, 0.3) is 0 Å². The van der Waals surface area contributed by atoms with Gasteiger partial charge in [0.2, 0.25) is 15.9 Å². The summed E-state index contributed by atoms with van der Waals surface area (Å²) < 4.78 is 26.4. The second kappa shape index (κ2) is 8.28. The number of halogens is 1. The van der Waals surface area contributed by atoms with Crippen molar-refractivity contribution in [2.24, 2.45) is 0 Å². The van der Waals surface area contributed by atoms with Crippen LogP contribution in [0.1, 0.15) is 11.1 Å². The number of amides is 1. The van der Waals surface area contributed by atoms with Crippen LogP contribution in [0.4, 0.5) is 0 Å².